The molecule has 0 aliphatic heterocycles. The summed E-state index contributed by atoms with van der Waals surface area (Å²) in [5, 5.41) is 0. The molecular formula is C15H20F2O4. The van der Waals surface area contributed by atoms with Crippen LogP contribution in [-0.2, 0) is 19.1 Å². The predicted molar refractivity (Wildman–Crippen MR) is 69.8 cm³/mol. The number of halogens is 2. The highest BCUT2D eigenvalue weighted by Crippen LogP contribution is 2.58. The van der Waals surface area contributed by atoms with Gasteiger partial charge in [-0.2, -0.15) is 8.78 Å². The van der Waals surface area contributed by atoms with Crippen molar-refractivity contribution in [3.63, 3.8) is 0 Å². The average Bonchev–Trinajstić information content (AvgIpc) is 2.47. The van der Waals surface area contributed by atoms with Gasteiger partial charge in [-0.25, -0.2) is 0 Å². The van der Waals surface area contributed by atoms with Crippen molar-refractivity contribution < 1.29 is 27.9 Å². The number of carbonyl (C=O) groups excluding carboxylic acids is 3. The van der Waals surface area contributed by atoms with Crippen LogP contribution in [0.3, 0.4) is 0 Å². The van der Waals surface area contributed by atoms with Gasteiger partial charge in [-0.05, 0) is 38.5 Å². The molecule has 0 unspecified atom stereocenters. The van der Waals surface area contributed by atoms with Gasteiger partial charge in [0, 0.05) is 12.3 Å². The Morgan fingerprint density at radius 2 is 1.43 bits per heavy atom. The zero-order valence-electron chi connectivity index (χ0n) is 12.3. The molecule has 0 N–H and O–H groups in total. The van der Waals surface area contributed by atoms with Crippen LogP contribution < -0.4 is 0 Å². The molecule has 0 saturated heterocycles. The number of fused-ring (bicyclic) bond motifs is 3. The topological polar surface area (TPSA) is 60.4 Å². The van der Waals surface area contributed by atoms with Crippen molar-refractivity contribution in [2.45, 2.75) is 57.8 Å². The number of rotatable bonds is 5. The van der Waals surface area contributed by atoms with E-state index in [4.69, 9.17) is 4.74 Å². The summed E-state index contributed by atoms with van der Waals surface area (Å²) in [6.07, 6.45) is 2.30. The first-order valence-corrected chi connectivity index (χ1v) is 7.18. The monoisotopic (exact) mass is 302 g/mol. The molecule has 3 aliphatic rings. The van der Waals surface area contributed by atoms with Crippen LogP contribution in [0.2, 0.25) is 0 Å². The molecule has 0 heterocycles. The van der Waals surface area contributed by atoms with Crippen molar-refractivity contribution in [3.8, 4) is 0 Å². The van der Waals surface area contributed by atoms with Crippen molar-refractivity contribution in [2.24, 2.45) is 10.8 Å². The summed E-state index contributed by atoms with van der Waals surface area (Å²) >= 11 is 0. The Morgan fingerprint density at radius 1 is 1.00 bits per heavy atom. The van der Waals surface area contributed by atoms with Crippen LogP contribution >= 0.6 is 0 Å². The number of Topliss-reactive ketones (excluding diaryl/α,β-unsaturated/α-hetero) is 2. The number of hydrogen-bond donors (Lipinski definition) is 0. The normalized spacial score (nSPS) is 31.8. The number of ether oxygens (including phenoxy) is 1. The smallest absolute Gasteiger partial charge is 0.311 e. The Hall–Kier alpha value is -1.33. The molecule has 4 nitrogen and oxygen atoms in total. The summed E-state index contributed by atoms with van der Waals surface area (Å²) in [5.41, 5.74) is -1.22. The van der Waals surface area contributed by atoms with Crippen LogP contribution in [0, 0.1) is 10.8 Å². The highest BCUT2D eigenvalue weighted by atomic mass is 19.3. The maximum Gasteiger partial charge on any atom is 0.311 e. The third kappa shape index (κ3) is 2.72. The van der Waals surface area contributed by atoms with Gasteiger partial charge in [0.2, 0.25) is 5.78 Å². The second-order valence-electron chi connectivity index (χ2n) is 6.46. The molecular weight excluding hydrogens is 282 g/mol. The minimum absolute atomic E-state index is 0.251. The molecule has 3 fully saturated rings. The van der Waals surface area contributed by atoms with Crippen molar-refractivity contribution in [1.82, 2.24) is 0 Å². The Labute approximate surface area is 122 Å². The fraction of sp³-hybridized carbons (Fsp3) is 0.800. The van der Waals surface area contributed by atoms with E-state index in [9.17, 15) is 23.2 Å². The van der Waals surface area contributed by atoms with Gasteiger partial charge in [0.15, 0.2) is 0 Å². The van der Waals surface area contributed by atoms with Gasteiger partial charge in [-0.3, -0.25) is 14.4 Å². The number of hydrogen-bond acceptors (Lipinski definition) is 4. The van der Waals surface area contributed by atoms with Gasteiger partial charge in [0.1, 0.15) is 5.78 Å². The molecule has 21 heavy (non-hydrogen) atoms. The van der Waals surface area contributed by atoms with Crippen molar-refractivity contribution in [1.29, 1.82) is 0 Å². The summed E-state index contributed by atoms with van der Waals surface area (Å²) in [5.74, 6) is -5.44. The number of alkyl halides is 2. The van der Waals surface area contributed by atoms with Gasteiger partial charge < -0.3 is 4.74 Å². The largest absolute Gasteiger partial charge is 0.469 e. The molecule has 3 rings (SSSR count). The maximum atomic E-state index is 12.9. The first-order chi connectivity index (χ1) is 9.65. The Kier molecular flexibility index (Phi) is 3.93. The Morgan fingerprint density at radius 3 is 1.81 bits per heavy atom. The zero-order valence-corrected chi connectivity index (χ0v) is 12.3. The maximum absolute atomic E-state index is 12.9. The molecule has 0 amide bonds. The molecule has 6 heteroatoms. The van der Waals surface area contributed by atoms with E-state index in [1.54, 1.807) is 0 Å². The van der Waals surface area contributed by atoms with E-state index in [-0.39, 0.29) is 5.97 Å². The zero-order chi connectivity index (χ0) is 15.9. The number of esters is 1. The van der Waals surface area contributed by atoms with Gasteiger partial charge in [0.25, 0.3) is 0 Å². The van der Waals surface area contributed by atoms with Crippen LogP contribution in [0.15, 0.2) is 0 Å². The molecule has 3 saturated carbocycles. The third-order valence-corrected chi connectivity index (χ3v) is 5.27. The predicted octanol–water partition coefficient (Wildman–Crippen LogP) is 2.68. The van der Waals surface area contributed by atoms with E-state index in [0.29, 0.717) is 45.4 Å². The van der Waals surface area contributed by atoms with Gasteiger partial charge in [-0.1, -0.05) is 0 Å². The van der Waals surface area contributed by atoms with Gasteiger partial charge in [-0.15, -0.1) is 0 Å². The molecule has 0 aromatic rings. The number of carbonyl (C=O) groups is 3. The fourth-order valence-corrected chi connectivity index (χ4v) is 3.62. The van der Waals surface area contributed by atoms with E-state index < -0.39 is 34.7 Å². The van der Waals surface area contributed by atoms with Crippen molar-refractivity contribution >= 4 is 17.5 Å². The number of methoxy groups -OCH3 is 1. The molecule has 0 radical (unpaired) electrons. The average molecular weight is 302 g/mol. The molecule has 0 aromatic heterocycles. The Balaban J connectivity index is 2.06. The number of ketones is 2. The van der Waals surface area contributed by atoms with Gasteiger partial charge in [0.05, 0.1) is 18.9 Å². The molecule has 118 valence electrons. The molecule has 2 bridgehead atoms. The van der Waals surface area contributed by atoms with E-state index in [1.807, 2.05) is 0 Å². The third-order valence-electron chi connectivity index (χ3n) is 5.27. The fourth-order valence-electron chi connectivity index (χ4n) is 3.62. The standard InChI is InChI=1S/C15H20F2O4/c1-13(16,17)10(18)9-11(19)14-3-6-15(7-4-14,8-5-14)12(20)21-2/h3-9H2,1-2H3. The first kappa shape index (κ1) is 16.0. The van der Waals surface area contributed by atoms with E-state index in [2.05, 4.69) is 0 Å². The summed E-state index contributed by atoms with van der Waals surface area (Å²) in [7, 11) is 1.35. The second kappa shape index (κ2) is 5.14. The summed E-state index contributed by atoms with van der Waals surface area (Å²) in [4.78, 5) is 35.5. The molecule has 3 aliphatic carbocycles. The summed E-state index contributed by atoms with van der Waals surface area (Å²) < 4.78 is 30.7. The quantitative estimate of drug-likeness (QED) is 0.578. The molecule has 0 spiro atoms. The van der Waals surface area contributed by atoms with E-state index in [0.717, 1.165) is 0 Å². The van der Waals surface area contributed by atoms with Crippen LogP contribution in [0.25, 0.3) is 0 Å². The van der Waals surface area contributed by atoms with Crippen molar-refractivity contribution in [3.05, 3.63) is 0 Å². The van der Waals surface area contributed by atoms with Crippen LogP contribution in [0.1, 0.15) is 51.9 Å². The lowest BCUT2D eigenvalue weighted by molar-refractivity contribution is -0.167. The first-order valence-electron chi connectivity index (χ1n) is 7.18. The second-order valence-corrected chi connectivity index (χ2v) is 6.46. The van der Waals surface area contributed by atoms with Crippen LogP contribution in [-0.4, -0.2) is 30.6 Å². The molecule has 0 atom stereocenters. The SMILES string of the molecule is COC(=O)C12CCC(C(=O)CC(=O)C(C)(F)F)(CC1)CC2. The lowest BCUT2D eigenvalue weighted by Crippen LogP contribution is -2.50. The highest BCUT2D eigenvalue weighted by molar-refractivity contribution is 6.04. The lowest BCUT2D eigenvalue weighted by atomic mass is 9.52. The van der Waals surface area contributed by atoms with Crippen LogP contribution in [0.5, 0.6) is 0 Å². The molecule has 0 aromatic carbocycles. The summed E-state index contributed by atoms with van der Waals surface area (Å²) in [6, 6.07) is 0. The Bertz CT molecular complexity index is 454. The lowest BCUT2D eigenvalue weighted by Gasteiger charge is -2.50. The highest BCUT2D eigenvalue weighted by Gasteiger charge is 2.56. The van der Waals surface area contributed by atoms with Crippen molar-refractivity contribution in [2.75, 3.05) is 7.11 Å². The van der Waals surface area contributed by atoms with Crippen LogP contribution in [0.4, 0.5) is 8.78 Å². The summed E-state index contributed by atoms with van der Waals surface area (Å²) in [6.45, 7) is 0.518. The van der Waals surface area contributed by atoms with E-state index in [1.165, 1.54) is 7.11 Å². The van der Waals surface area contributed by atoms with E-state index >= 15 is 0 Å². The van der Waals surface area contributed by atoms with Gasteiger partial charge >= 0.3 is 11.9 Å². The minimum atomic E-state index is -3.47. The minimum Gasteiger partial charge on any atom is -0.469 e.